The van der Waals surface area contributed by atoms with Gasteiger partial charge in [-0.3, -0.25) is 5.10 Å². The molecule has 1 aromatic carbocycles. The molecule has 2 heterocycles. The van der Waals surface area contributed by atoms with Crippen molar-refractivity contribution in [3.8, 4) is 34.0 Å². The Morgan fingerprint density at radius 3 is 2.86 bits per heavy atom. The highest BCUT2D eigenvalue weighted by Gasteiger charge is 2.27. The van der Waals surface area contributed by atoms with Crippen molar-refractivity contribution in [1.82, 2.24) is 10.2 Å². The number of nitrogens with one attached hydrogen (secondary N) is 1. The molecule has 0 aliphatic heterocycles. The van der Waals surface area contributed by atoms with Gasteiger partial charge < -0.3 is 9.47 Å². The summed E-state index contributed by atoms with van der Waals surface area (Å²) in [6.45, 7) is 0. The molecule has 0 saturated carbocycles. The lowest BCUT2D eigenvalue weighted by molar-refractivity contribution is 0.395. The zero-order valence-corrected chi connectivity index (χ0v) is 12.6. The van der Waals surface area contributed by atoms with Crippen LogP contribution in [0.3, 0.4) is 0 Å². The smallest absolute Gasteiger partial charge is 0.131 e. The van der Waals surface area contributed by atoms with E-state index in [0.29, 0.717) is 0 Å². The minimum Gasteiger partial charge on any atom is -0.497 e. The second-order valence-electron chi connectivity index (χ2n) is 4.93. The van der Waals surface area contributed by atoms with Crippen molar-refractivity contribution in [3.05, 3.63) is 40.1 Å². The lowest BCUT2D eigenvalue weighted by Gasteiger charge is -2.10. The molecule has 21 heavy (non-hydrogen) atoms. The zero-order valence-electron chi connectivity index (χ0n) is 11.8. The fourth-order valence-corrected chi connectivity index (χ4v) is 3.72. The maximum Gasteiger partial charge on any atom is 0.131 e. The number of aromatic nitrogens is 2. The molecule has 0 fully saturated rings. The van der Waals surface area contributed by atoms with Gasteiger partial charge in [-0.05, 0) is 23.6 Å². The Morgan fingerprint density at radius 2 is 2.05 bits per heavy atom. The van der Waals surface area contributed by atoms with Crippen LogP contribution >= 0.6 is 11.3 Å². The van der Waals surface area contributed by atoms with Gasteiger partial charge in [0.2, 0.25) is 0 Å². The first-order valence-electron chi connectivity index (χ1n) is 6.68. The van der Waals surface area contributed by atoms with Crippen LogP contribution in [0.2, 0.25) is 0 Å². The second-order valence-corrected chi connectivity index (χ2v) is 5.93. The highest BCUT2D eigenvalue weighted by Crippen LogP contribution is 2.44. The highest BCUT2D eigenvalue weighted by atomic mass is 32.1. The van der Waals surface area contributed by atoms with E-state index >= 15 is 0 Å². The minimum atomic E-state index is 0.783. The number of fused-ring (bicyclic) bond motifs is 3. The van der Waals surface area contributed by atoms with Gasteiger partial charge in [-0.15, -0.1) is 11.3 Å². The summed E-state index contributed by atoms with van der Waals surface area (Å²) in [4.78, 5) is 1.38. The normalized spacial score (nSPS) is 12.1. The maximum absolute atomic E-state index is 5.50. The van der Waals surface area contributed by atoms with E-state index in [-0.39, 0.29) is 0 Å². The van der Waals surface area contributed by atoms with Crippen LogP contribution in [0.15, 0.2) is 29.6 Å². The number of rotatable bonds is 3. The zero-order chi connectivity index (χ0) is 14.4. The van der Waals surface area contributed by atoms with Gasteiger partial charge in [0.25, 0.3) is 0 Å². The molecule has 106 valence electrons. The van der Waals surface area contributed by atoms with Crippen LogP contribution in [-0.4, -0.2) is 24.4 Å². The summed E-state index contributed by atoms with van der Waals surface area (Å²) < 4.78 is 10.8. The Kier molecular flexibility index (Phi) is 2.75. The van der Waals surface area contributed by atoms with Crippen LogP contribution in [0.4, 0.5) is 0 Å². The summed E-state index contributed by atoms with van der Waals surface area (Å²) >= 11 is 1.79. The molecule has 0 atom stereocenters. The van der Waals surface area contributed by atoms with Crippen LogP contribution in [-0.2, 0) is 6.42 Å². The predicted octanol–water partition coefficient (Wildman–Crippen LogP) is 3.73. The van der Waals surface area contributed by atoms with Crippen LogP contribution in [0.1, 0.15) is 10.4 Å². The summed E-state index contributed by atoms with van der Waals surface area (Å²) in [5.74, 6) is 1.57. The molecule has 0 amide bonds. The summed E-state index contributed by atoms with van der Waals surface area (Å²) in [7, 11) is 3.33. The molecule has 1 aliphatic carbocycles. The fraction of sp³-hybridized carbons (Fsp3) is 0.188. The lowest BCUT2D eigenvalue weighted by atomic mass is 10.0. The van der Waals surface area contributed by atoms with E-state index in [1.165, 1.54) is 16.0 Å². The van der Waals surface area contributed by atoms with Crippen molar-refractivity contribution in [3.63, 3.8) is 0 Å². The summed E-state index contributed by atoms with van der Waals surface area (Å²) in [6, 6.07) is 7.99. The third-order valence-corrected chi connectivity index (χ3v) is 4.80. The van der Waals surface area contributed by atoms with Gasteiger partial charge in [0, 0.05) is 34.1 Å². The summed E-state index contributed by atoms with van der Waals surface area (Å²) in [5, 5.41) is 9.79. The molecule has 4 nitrogen and oxygen atoms in total. The van der Waals surface area contributed by atoms with Gasteiger partial charge in [0.15, 0.2) is 0 Å². The molecular formula is C16H14N2O2S. The monoisotopic (exact) mass is 298 g/mol. The molecule has 4 rings (SSSR count). The minimum absolute atomic E-state index is 0.783. The standard InChI is InChI=1S/C16H14N2O2S/c1-19-9-3-4-10(13(7-9)20-2)15-12-8-14-11(5-6-21-14)16(12)18-17-15/h3-7H,8H2,1-2H3,(H,17,18). The van der Waals surface area contributed by atoms with Crippen molar-refractivity contribution in [1.29, 1.82) is 0 Å². The number of H-pyrrole nitrogens is 1. The maximum atomic E-state index is 5.50. The number of hydrogen-bond donors (Lipinski definition) is 1. The van der Waals surface area contributed by atoms with Crippen molar-refractivity contribution >= 4 is 11.3 Å². The largest absolute Gasteiger partial charge is 0.497 e. The third-order valence-electron chi connectivity index (χ3n) is 3.88. The van der Waals surface area contributed by atoms with Gasteiger partial charge in [-0.1, -0.05) is 0 Å². The summed E-state index contributed by atoms with van der Waals surface area (Å²) in [5.41, 5.74) is 5.62. The molecular weight excluding hydrogens is 284 g/mol. The molecule has 3 aromatic rings. The Balaban J connectivity index is 1.85. The molecule has 1 N–H and O–H groups in total. The Hall–Kier alpha value is -2.27. The van der Waals surface area contributed by atoms with Crippen LogP contribution in [0.5, 0.6) is 11.5 Å². The average molecular weight is 298 g/mol. The number of nitrogens with zero attached hydrogens (tertiary/aromatic N) is 1. The number of methoxy groups -OCH3 is 2. The van der Waals surface area contributed by atoms with Crippen molar-refractivity contribution in [2.45, 2.75) is 6.42 Å². The van der Waals surface area contributed by atoms with E-state index < -0.39 is 0 Å². The van der Waals surface area contributed by atoms with E-state index in [4.69, 9.17) is 9.47 Å². The topological polar surface area (TPSA) is 47.1 Å². The number of benzene rings is 1. The summed E-state index contributed by atoms with van der Waals surface area (Å²) in [6.07, 6.45) is 0.934. The van der Waals surface area contributed by atoms with Gasteiger partial charge in [-0.25, -0.2) is 0 Å². The fourth-order valence-electron chi connectivity index (χ4n) is 2.84. The number of thiophene rings is 1. The van der Waals surface area contributed by atoms with Gasteiger partial charge in [0.1, 0.15) is 11.5 Å². The SMILES string of the molecule is COc1ccc(-c2[nH]nc3c2Cc2sccc2-3)c(OC)c1. The quantitative estimate of drug-likeness (QED) is 0.627. The molecule has 1 aliphatic rings. The average Bonchev–Trinajstić information content (AvgIpc) is 3.18. The lowest BCUT2D eigenvalue weighted by Crippen LogP contribution is -1.92. The molecule has 0 bridgehead atoms. The Bertz CT molecular complexity index is 820. The molecule has 0 saturated heterocycles. The van der Waals surface area contributed by atoms with E-state index in [0.717, 1.165) is 34.9 Å². The molecule has 0 unspecified atom stereocenters. The Morgan fingerprint density at radius 1 is 1.14 bits per heavy atom. The van der Waals surface area contributed by atoms with E-state index in [1.807, 2.05) is 18.2 Å². The number of ether oxygens (including phenoxy) is 2. The van der Waals surface area contributed by atoms with Crippen LogP contribution in [0.25, 0.3) is 22.5 Å². The predicted molar refractivity (Wildman–Crippen MR) is 83.2 cm³/mol. The Labute approximate surface area is 126 Å². The molecule has 0 radical (unpaired) electrons. The highest BCUT2D eigenvalue weighted by molar-refractivity contribution is 7.10. The van der Waals surface area contributed by atoms with Crippen LogP contribution in [0, 0.1) is 0 Å². The first-order chi connectivity index (χ1) is 10.3. The van der Waals surface area contributed by atoms with Crippen molar-refractivity contribution in [2.24, 2.45) is 0 Å². The van der Waals surface area contributed by atoms with E-state index in [9.17, 15) is 0 Å². The third kappa shape index (κ3) is 1.77. The molecule has 5 heteroatoms. The van der Waals surface area contributed by atoms with Crippen LogP contribution < -0.4 is 9.47 Å². The van der Waals surface area contributed by atoms with Crippen molar-refractivity contribution in [2.75, 3.05) is 14.2 Å². The van der Waals surface area contributed by atoms with Crippen molar-refractivity contribution < 1.29 is 9.47 Å². The van der Waals surface area contributed by atoms with Gasteiger partial charge >= 0.3 is 0 Å². The number of hydrogen-bond acceptors (Lipinski definition) is 4. The first kappa shape index (κ1) is 12.5. The van der Waals surface area contributed by atoms with Gasteiger partial charge in [0.05, 0.1) is 25.6 Å². The molecule has 0 spiro atoms. The van der Waals surface area contributed by atoms with Gasteiger partial charge in [-0.2, -0.15) is 5.10 Å². The van der Waals surface area contributed by atoms with E-state index in [2.05, 4.69) is 21.6 Å². The van der Waals surface area contributed by atoms with E-state index in [1.54, 1.807) is 25.6 Å². The second kappa shape index (κ2) is 4.63. The first-order valence-corrected chi connectivity index (χ1v) is 7.56. The molecule has 2 aromatic heterocycles. The number of aromatic amines is 1.